The monoisotopic (exact) mass is 293 g/mol. The average Bonchev–Trinajstić information content (AvgIpc) is 3.14. The average molecular weight is 293 g/mol. The lowest BCUT2D eigenvalue weighted by Gasteiger charge is -2.15. The van der Waals surface area contributed by atoms with Gasteiger partial charge < -0.3 is 14.9 Å². The van der Waals surface area contributed by atoms with Gasteiger partial charge in [0.05, 0.1) is 11.1 Å². The van der Waals surface area contributed by atoms with E-state index in [1.54, 1.807) is 18.6 Å². The van der Waals surface area contributed by atoms with E-state index in [9.17, 15) is 4.79 Å². The van der Waals surface area contributed by atoms with Crippen molar-refractivity contribution in [2.45, 2.75) is 19.9 Å². The summed E-state index contributed by atoms with van der Waals surface area (Å²) in [5, 5.41) is 2.88. The quantitative estimate of drug-likeness (QED) is 0.761. The highest BCUT2D eigenvalue weighted by Gasteiger charge is 2.25. The Morgan fingerprint density at radius 2 is 2.27 bits per heavy atom. The van der Waals surface area contributed by atoms with Gasteiger partial charge in [0.15, 0.2) is 0 Å². The molecular formula is C16H15N5O. The lowest BCUT2D eigenvalue weighted by molar-refractivity contribution is 0.102. The summed E-state index contributed by atoms with van der Waals surface area (Å²) in [5.41, 5.74) is 3.48. The number of pyridine rings is 1. The Morgan fingerprint density at radius 1 is 1.36 bits per heavy atom. The molecule has 0 bridgehead atoms. The Labute approximate surface area is 127 Å². The number of H-pyrrole nitrogens is 1. The zero-order valence-electron chi connectivity index (χ0n) is 12.1. The van der Waals surface area contributed by atoms with Crippen LogP contribution in [0.3, 0.4) is 0 Å². The highest BCUT2D eigenvalue weighted by atomic mass is 16.1. The van der Waals surface area contributed by atoms with Crippen molar-refractivity contribution < 1.29 is 4.79 Å². The van der Waals surface area contributed by atoms with Gasteiger partial charge in [-0.3, -0.25) is 4.79 Å². The van der Waals surface area contributed by atoms with Crippen molar-refractivity contribution in [2.75, 3.05) is 5.32 Å². The van der Waals surface area contributed by atoms with E-state index in [0.29, 0.717) is 11.4 Å². The second-order valence-electron chi connectivity index (χ2n) is 5.37. The second-order valence-corrected chi connectivity index (χ2v) is 5.37. The predicted molar refractivity (Wildman–Crippen MR) is 82.6 cm³/mol. The molecule has 0 saturated heterocycles. The van der Waals surface area contributed by atoms with Gasteiger partial charge in [-0.1, -0.05) is 6.07 Å². The molecule has 3 aromatic rings. The first kappa shape index (κ1) is 12.8. The van der Waals surface area contributed by atoms with Gasteiger partial charge in [-0.25, -0.2) is 9.97 Å². The number of imidazole rings is 1. The van der Waals surface area contributed by atoms with Crippen molar-refractivity contribution >= 4 is 11.7 Å². The maximum Gasteiger partial charge on any atom is 0.259 e. The van der Waals surface area contributed by atoms with Crippen molar-refractivity contribution in [2.24, 2.45) is 0 Å². The van der Waals surface area contributed by atoms with Crippen LogP contribution in [0.5, 0.6) is 0 Å². The number of hydrogen-bond acceptors (Lipinski definition) is 3. The minimum absolute atomic E-state index is 0.171. The molecule has 0 aliphatic carbocycles. The third-order valence-electron chi connectivity index (χ3n) is 3.99. The molecule has 1 amide bonds. The predicted octanol–water partition coefficient (Wildman–Crippen LogP) is 2.39. The topological polar surface area (TPSA) is 75.6 Å². The maximum absolute atomic E-state index is 12.6. The summed E-state index contributed by atoms with van der Waals surface area (Å²) in [6.45, 7) is 2.80. The molecule has 0 spiro atoms. The van der Waals surface area contributed by atoms with Crippen LogP contribution >= 0.6 is 0 Å². The van der Waals surface area contributed by atoms with E-state index >= 15 is 0 Å². The summed E-state index contributed by atoms with van der Waals surface area (Å²) < 4.78 is 2.07. The van der Waals surface area contributed by atoms with Crippen molar-refractivity contribution in [3.63, 3.8) is 0 Å². The van der Waals surface area contributed by atoms with Crippen LogP contribution in [-0.4, -0.2) is 25.4 Å². The lowest BCUT2D eigenvalue weighted by Crippen LogP contribution is -2.16. The standard InChI is InChI=1S/C16H15N5O/c1-10-3-2-5-17-14(10)20-16(22)11-9-19-12-4-7-21-8-6-18-15(21)13(11)12/h2-3,5-6,8-9,19H,4,7H2,1H3,(H,17,20,22). The second kappa shape index (κ2) is 4.84. The molecule has 1 aliphatic heterocycles. The van der Waals surface area contributed by atoms with Gasteiger partial charge in [0.2, 0.25) is 0 Å². The number of carbonyl (C=O) groups excluding carboxylic acids is 1. The van der Waals surface area contributed by atoms with E-state index in [1.165, 1.54) is 0 Å². The summed E-state index contributed by atoms with van der Waals surface area (Å²) in [4.78, 5) is 24.4. The zero-order valence-corrected chi connectivity index (χ0v) is 12.1. The minimum Gasteiger partial charge on any atom is -0.364 e. The minimum atomic E-state index is -0.171. The molecule has 0 atom stereocenters. The molecule has 0 aromatic carbocycles. The Kier molecular flexibility index (Phi) is 2.82. The highest BCUT2D eigenvalue weighted by Crippen LogP contribution is 2.31. The van der Waals surface area contributed by atoms with Crippen molar-refractivity contribution in [3.05, 3.63) is 53.7 Å². The van der Waals surface area contributed by atoms with E-state index in [2.05, 4.69) is 24.8 Å². The first-order valence-corrected chi connectivity index (χ1v) is 7.19. The highest BCUT2D eigenvalue weighted by molar-refractivity contribution is 6.08. The molecule has 6 nitrogen and oxygen atoms in total. The number of amides is 1. The number of aromatic amines is 1. The summed E-state index contributed by atoms with van der Waals surface area (Å²) in [6.07, 6.45) is 8.00. The smallest absolute Gasteiger partial charge is 0.259 e. The number of fused-ring (bicyclic) bond motifs is 3. The summed E-state index contributed by atoms with van der Waals surface area (Å²) >= 11 is 0. The van der Waals surface area contributed by atoms with Gasteiger partial charge in [0.25, 0.3) is 5.91 Å². The third-order valence-corrected chi connectivity index (χ3v) is 3.99. The fraction of sp³-hybridized carbons (Fsp3) is 0.188. The Hall–Kier alpha value is -2.89. The van der Waals surface area contributed by atoms with E-state index in [4.69, 9.17) is 0 Å². The molecule has 0 saturated carbocycles. The number of aromatic nitrogens is 4. The number of aryl methyl sites for hydroxylation is 3. The zero-order chi connectivity index (χ0) is 15.1. The molecule has 4 heterocycles. The van der Waals surface area contributed by atoms with Gasteiger partial charge in [0, 0.05) is 43.4 Å². The number of carbonyl (C=O) groups is 1. The van der Waals surface area contributed by atoms with Gasteiger partial charge in [-0.2, -0.15) is 0 Å². The number of hydrogen-bond donors (Lipinski definition) is 2. The van der Waals surface area contributed by atoms with Crippen LogP contribution in [0.25, 0.3) is 11.4 Å². The molecule has 110 valence electrons. The van der Waals surface area contributed by atoms with Crippen molar-refractivity contribution in [1.82, 2.24) is 19.5 Å². The van der Waals surface area contributed by atoms with Crippen LogP contribution in [0, 0.1) is 6.92 Å². The summed E-state index contributed by atoms with van der Waals surface area (Å²) in [7, 11) is 0. The normalized spacial score (nSPS) is 12.6. The molecule has 4 rings (SSSR count). The van der Waals surface area contributed by atoms with E-state index < -0.39 is 0 Å². The molecule has 3 aromatic heterocycles. The molecule has 6 heteroatoms. The van der Waals surface area contributed by atoms with Crippen molar-refractivity contribution in [1.29, 1.82) is 0 Å². The number of nitrogens with zero attached hydrogens (tertiary/aromatic N) is 3. The van der Waals surface area contributed by atoms with Crippen molar-refractivity contribution in [3.8, 4) is 11.4 Å². The Balaban J connectivity index is 1.72. The van der Waals surface area contributed by atoms with Crippen LogP contribution in [0.4, 0.5) is 5.82 Å². The van der Waals surface area contributed by atoms with E-state index in [0.717, 1.165) is 35.6 Å². The molecule has 0 unspecified atom stereocenters. The molecule has 22 heavy (non-hydrogen) atoms. The van der Waals surface area contributed by atoms with Gasteiger partial charge in [0.1, 0.15) is 11.6 Å². The molecule has 0 fully saturated rings. The first-order valence-electron chi connectivity index (χ1n) is 7.19. The van der Waals surface area contributed by atoms with Gasteiger partial charge in [-0.05, 0) is 18.6 Å². The van der Waals surface area contributed by atoms with Crippen LogP contribution in [0.2, 0.25) is 0 Å². The molecule has 0 radical (unpaired) electrons. The van der Waals surface area contributed by atoms with E-state index in [1.807, 2.05) is 25.3 Å². The van der Waals surface area contributed by atoms with Crippen LogP contribution in [0.1, 0.15) is 21.6 Å². The number of rotatable bonds is 2. The summed E-state index contributed by atoms with van der Waals surface area (Å²) in [5.74, 6) is 1.25. The van der Waals surface area contributed by atoms with Gasteiger partial charge >= 0.3 is 0 Å². The largest absolute Gasteiger partial charge is 0.364 e. The van der Waals surface area contributed by atoms with Crippen LogP contribution in [-0.2, 0) is 13.0 Å². The maximum atomic E-state index is 12.6. The number of nitrogens with one attached hydrogen (secondary N) is 2. The fourth-order valence-electron chi connectivity index (χ4n) is 2.84. The SMILES string of the molecule is Cc1cccnc1NC(=O)c1c[nH]c2c1-c1nccn1CC2. The third kappa shape index (κ3) is 1.92. The Morgan fingerprint density at radius 3 is 3.14 bits per heavy atom. The number of anilines is 1. The molecule has 1 aliphatic rings. The van der Waals surface area contributed by atoms with E-state index in [-0.39, 0.29) is 5.91 Å². The van der Waals surface area contributed by atoms with Crippen LogP contribution in [0.15, 0.2) is 36.9 Å². The first-order chi connectivity index (χ1) is 10.7. The lowest BCUT2D eigenvalue weighted by atomic mass is 10.0. The summed E-state index contributed by atoms with van der Waals surface area (Å²) in [6, 6.07) is 3.77. The molecule has 2 N–H and O–H groups in total. The van der Waals surface area contributed by atoms with Gasteiger partial charge in [-0.15, -0.1) is 0 Å². The molecular weight excluding hydrogens is 278 g/mol. The fourth-order valence-corrected chi connectivity index (χ4v) is 2.84. The van der Waals surface area contributed by atoms with Crippen LogP contribution < -0.4 is 5.32 Å². The Bertz CT molecular complexity index is 861.